The van der Waals surface area contributed by atoms with E-state index in [1.54, 1.807) is 0 Å². The zero-order valence-electron chi connectivity index (χ0n) is 13.8. The number of hydrogen-bond acceptors (Lipinski definition) is 0. The Hall–Kier alpha value is 1.93. The molecule has 0 atom stereocenters. The number of quaternary nitrogens is 2. The molecule has 0 aliphatic rings. The SMILES string of the molecule is C.C.CCCC[N+](CC)(CC)CCC[N+](C)(C)C.[Br-].[Br-].[U]. The Morgan fingerprint density at radius 2 is 1.05 bits per heavy atom. The molecule has 0 saturated heterocycles. The van der Waals surface area contributed by atoms with Crippen molar-refractivity contribution in [2.75, 3.05) is 53.9 Å². The van der Waals surface area contributed by atoms with Crippen LogP contribution < -0.4 is 34.0 Å². The van der Waals surface area contributed by atoms with Crippen molar-refractivity contribution < 1.29 is 74.0 Å². The van der Waals surface area contributed by atoms with Gasteiger partial charge in [0.1, 0.15) is 0 Å². The summed E-state index contributed by atoms with van der Waals surface area (Å²) >= 11 is 0. The maximum absolute atomic E-state index is 2.35. The van der Waals surface area contributed by atoms with Gasteiger partial charge in [-0.1, -0.05) is 28.2 Å². The Kier molecular flexibility index (Phi) is 36.6. The summed E-state index contributed by atoms with van der Waals surface area (Å²) in [5, 5.41) is 0. The van der Waals surface area contributed by atoms with Crippen molar-refractivity contribution >= 4 is 0 Å². The third kappa shape index (κ3) is 19.9. The smallest absolute Gasteiger partial charge is 0.0840 e. The third-order valence-corrected chi connectivity index (χ3v) is 3.79. The third-order valence-electron chi connectivity index (χ3n) is 3.79. The molecule has 0 rings (SSSR count). The Morgan fingerprint density at radius 1 is 0.667 bits per heavy atom. The average Bonchev–Trinajstić information content (AvgIpc) is 2.22. The first-order valence-electron chi connectivity index (χ1n) is 7.04. The molecule has 0 aromatic heterocycles. The molecule has 0 N–H and O–H groups in total. The number of halogens is 2. The van der Waals surface area contributed by atoms with Gasteiger partial charge < -0.3 is 42.9 Å². The number of nitrogens with zero attached hydrogens (tertiary/aromatic N) is 2. The molecule has 0 amide bonds. The van der Waals surface area contributed by atoms with Crippen molar-refractivity contribution in [3.8, 4) is 0 Å². The Labute approximate surface area is 181 Å². The summed E-state index contributed by atoms with van der Waals surface area (Å²) < 4.78 is 2.43. The van der Waals surface area contributed by atoms with Gasteiger partial charge in [-0.05, 0) is 20.3 Å². The summed E-state index contributed by atoms with van der Waals surface area (Å²) in [5.74, 6) is 0. The molecule has 0 heterocycles. The van der Waals surface area contributed by atoms with Crippen LogP contribution in [0.25, 0.3) is 0 Å². The number of rotatable bonds is 9. The van der Waals surface area contributed by atoms with Gasteiger partial charge in [-0.3, -0.25) is 0 Å². The predicted octanol–water partition coefficient (Wildman–Crippen LogP) is -1.98. The molecule has 0 fully saturated rings. The molecule has 21 heavy (non-hydrogen) atoms. The Balaban J connectivity index is -0.000000112. The van der Waals surface area contributed by atoms with Crippen molar-refractivity contribution in [2.45, 2.75) is 54.9 Å². The standard InChI is InChI=1S/C14H34N2.2CH4.2BrH.U/c1-7-10-13-16(8-2,9-3)14-11-12-15(4,5)6;;;;;/h7-14H2,1-6H3;2*1H4;2*1H;/q+2;;;;;/p-2. The maximum Gasteiger partial charge on any atom is 0.0840 e. The zero-order chi connectivity index (χ0) is 12.7. The van der Waals surface area contributed by atoms with Crippen molar-refractivity contribution in [3.63, 3.8) is 0 Å². The Morgan fingerprint density at radius 3 is 1.33 bits per heavy atom. The predicted molar refractivity (Wildman–Crippen MR) is 87.0 cm³/mol. The minimum absolute atomic E-state index is 0. The van der Waals surface area contributed by atoms with Crippen LogP contribution in [-0.2, 0) is 0 Å². The van der Waals surface area contributed by atoms with Gasteiger partial charge in [-0.2, -0.15) is 0 Å². The van der Waals surface area contributed by atoms with Crippen molar-refractivity contribution in [1.29, 1.82) is 0 Å². The molecule has 0 aliphatic heterocycles. The fourth-order valence-electron chi connectivity index (χ4n) is 2.34. The van der Waals surface area contributed by atoms with E-state index in [1.807, 2.05) is 0 Å². The molecule has 0 unspecified atom stereocenters. The van der Waals surface area contributed by atoms with Gasteiger partial charge in [0.25, 0.3) is 0 Å². The second kappa shape index (κ2) is 20.0. The van der Waals surface area contributed by atoms with E-state index in [2.05, 4.69) is 41.9 Å². The largest absolute Gasteiger partial charge is 1.00 e. The summed E-state index contributed by atoms with van der Waals surface area (Å²) in [6.07, 6.45) is 4.07. The van der Waals surface area contributed by atoms with E-state index in [0.29, 0.717) is 0 Å². The van der Waals surface area contributed by atoms with E-state index in [9.17, 15) is 0 Å². The normalized spacial score (nSPS) is 10.0. The van der Waals surface area contributed by atoms with E-state index in [-0.39, 0.29) is 79.9 Å². The molecular formula is C16H42Br2N2U. The molecule has 0 aromatic rings. The molecule has 5 heteroatoms. The summed E-state index contributed by atoms with van der Waals surface area (Å²) in [6.45, 7) is 13.6. The Bertz CT molecular complexity index is 182. The van der Waals surface area contributed by atoms with E-state index in [1.165, 1.54) is 56.5 Å². The van der Waals surface area contributed by atoms with Crippen molar-refractivity contribution in [2.24, 2.45) is 0 Å². The zero-order valence-corrected chi connectivity index (χ0v) is 21.1. The summed E-state index contributed by atoms with van der Waals surface area (Å²) in [6, 6.07) is 0. The first-order valence-corrected chi connectivity index (χ1v) is 7.04. The second-order valence-electron chi connectivity index (χ2n) is 6.14. The number of unbranched alkanes of at least 4 members (excludes halogenated alkanes) is 1. The van der Waals surface area contributed by atoms with Gasteiger partial charge in [0, 0.05) is 37.5 Å². The van der Waals surface area contributed by atoms with Crippen LogP contribution in [-0.4, -0.2) is 62.8 Å². The fraction of sp³-hybridized carbons (Fsp3) is 1.00. The second-order valence-corrected chi connectivity index (χ2v) is 6.14. The minimum Gasteiger partial charge on any atom is -1.00 e. The van der Waals surface area contributed by atoms with Gasteiger partial charge in [0.2, 0.25) is 0 Å². The van der Waals surface area contributed by atoms with Crippen LogP contribution in [0.4, 0.5) is 0 Å². The van der Waals surface area contributed by atoms with Crippen molar-refractivity contribution in [1.82, 2.24) is 0 Å². The van der Waals surface area contributed by atoms with Gasteiger partial charge >= 0.3 is 0 Å². The van der Waals surface area contributed by atoms with Gasteiger partial charge in [0.05, 0.1) is 53.9 Å². The van der Waals surface area contributed by atoms with Gasteiger partial charge in [-0.25, -0.2) is 0 Å². The van der Waals surface area contributed by atoms with E-state index < -0.39 is 0 Å². The molecule has 2 nitrogen and oxygen atoms in total. The fourth-order valence-corrected chi connectivity index (χ4v) is 2.34. The van der Waals surface area contributed by atoms with Crippen LogP contribution in [0.2, 0.25) is 0 Å². The monoisotopic (exact) mass is 658 g/mol. The molecule has 0 spiro atoms. The summed E-state index contributed by atoms with van der Waals surface area (Å²) in [5.41, 5.74) is 0. The quantitative estimate of drug-likeness (QED) is 0.252. The molecule has 0 aromatic carbocycles. The van der Waals surface area contributed by atoms with Crippen LogP contribution in [0.3, 0.4) is 0 Å². The molecule has 0 saturated carbocycles. The number of hydrogen-bond donors (Lipinski definition) is 0. The van der Waals surface area contributed by atoms with E-state index in [0.717, 1.165) is 4.48 Å². The molecule has 0 aliphatic carbocycles. The van der Waals surface area contributed by atoms with Gasteiger partial charge in [0.15, 0.2) is 0 Å². The van der Waals surface area contributed by atoms with Crippen LogP contribution in [0.15, 0.2) is 0 Å². The van der Waals surface area contributed by atoms with Gasteiger partial charge in [-0.15, -0.1) is 0 Å². The van der Waals surface area contributed by atoms with Crippen molar-refractivity contribution in [3.05, 3.63) is 0 Å². The average molecular weight is 660 g/mol. The van der Waals surface area contributed by atoms with Crippen LogP contribution in [0, 0.1) is 31.1 Å². The first-order chi connectivity index (χ1) is 7.39. The van der Waals surface area contributed by atoms with Crippen LogP contribution in [0.1, 0.15) is 54.9 Å². The van der Waals surface area contributed by atoms with Crippen LogP contribution in [0.5, 0.6) is 0 Å². The van der Waals surface area contributed by atoms with E-state index >= 15 is 0 Å². The molecule has 0 bridgehead atoms. The van der Waals surface area contributed by atoms with E-state index in [4.69, 9.17) is 0 Å². The first kappa shape index (κ1) is 38.5. The molecule has 0 radical (unpaired) electrons. The minimum atomic E-state index is 0. The summed E-state index contributed by atoms with van der Waals surface area (Å²) in [4.78, 5) is 0. The maximum atomic E-state index is 2.35. The topological polar surface area (TPSA) is 0 Å². The molecular weight excluding hydrogens is 618 g/mol. The summed E-state index contributed by atoms with van der Waals surface area (Å²) in [7, 11) is 6.87. The van der Waals surface area contributed by atoms with Crippen LogP contribution >= 0.6 is 0 Å². The molecule has 134 valence electrons.